The summed E-state index contributed by atoms with van der Waals surface area (Å²) in [5.41, 5.74) is 1.06. The Morgan fingerprint density at radius 1 is 1.22 bits per heavy atom. The number of carboxylic acids is 1. The van der Waals surface area contributed by atoms with Crippen molar-refractivity contribution in [1.29, 1.82) is 0 Å². The number of nitrogens with zero attached hydrogens (tertiary/aromatic N) is 1. The van der Waals surface area contributed by atoms with Crippen LogP contribution in [0.5, 0.6) is 5.75 Å². The van der Waals surface area contributed by atoms with Crippen molar-refractivity contribution < 1.29 is 24.1 Å². The third kappa shape index (κ3) is 4.65. The molecule has 0 amide bonds. The molecule has 4 aliphatic rings. The standard InChI is InChI=1S/C29H41NO6/c1-19-8-9-23-28(2,13-10-24-29(23,3)18-35-27(36-24)20-6-4-5-7-20)22(19)12-15-34-21-11-14-30(17-26(32)33)25(31)16-21/h11,14,16,20,22-24,27H,1,4-10,12-13,15,17-18H2,2-3H3,(H,32,33)/t22-,23?,24-,27?,28+,29+/m1/s1. The van der Waals surface area contributed by atoms with E-state index in [0.717, 1.165) is 43.3 Å². The third-order valence-electron chi connectivity index (χ3n) is 9.91. The van der Waals surface area contributed by atoms with E-state index in [-0.39, 0.29) is 35.3 Å². The zero-order chi connectivity index (χ0) is 25.5. The van der Waals surface area contributed by atoms with Crippen LogP contribution in [-0.4, -0.2) is 41.3 Å². The molecule has 0 bridgehead atoms. The highest BCUT2D eigenvalue weighted by Crippen LogP contribution is 2.63. The number of ether oxygens (including phenoxy) is 3. The van der Waals surface area contributed by atoms with Gasteiger partial charge in [0.05, 0.1) is 19.3 Å². The second-order valence-electron chi connectivity index (χ2n) is 12.1. The van der Waals surface area contributed by atoms with E-state index < -0.39 is 5.97 Å². The Morgan fingerprint density at radius 3 is 2.72 bits per heavy atom. The highest BCUT2D eigenvalue weighted by atomic mass is 16.7. The van der Waals surface area contributed by atoms with Gasteiger partial charge in [0.1, 0.15) is 12.3 Å². The van der Waals surface area contributed by atoms with Crippen LogP contribution in [0.4, 0.5) is 0 Å². The van der Waals surface area contributed by atoms with Crippen LogP contribution in [0.15, 0.2) is 35.3 Å². The van der Waals surface area contributed by atoms with Crippen LogP contribution >= 0.6 is 0 Å². The predicted molar refractivity (Wildman–Crippen MR) is 136 cm³/mol. The van der Waals surface area contributed by atoms with Crippen molar-refractivity contribution in [2.45, 2.75) is 90.6 Å². The fourth-order valence-electron chi connectivity index (χ4n) is 8.01. The van der Waals surface area contributed by atoms with Gasteiger partial charge in [0.25, 0.3) is 5.56 Å². The minimum atomic E-state index is -1.05. The Kier molecular flexibility index (Phi) is 7.07. The largest absolute Gasteiger partial charge is 0.493 e. The first-order chi connectivity index (χ1) is 17.2. The van der Waals surface area contributed by atoms with Crippen molar-refractivity contribution in [3.05, 3.63) is 40.8 Å². The molecule has 1 saturated heterocycles. The van der Waals surface area contributed by atoms with Gasteiger partial charge in [0.15, 0.2) is 6.29 Å². The molecule has 1 aromatic rings. The molecule has 0 spiro atoms. The minimum absolute atomic E-state index is 0.0105. The molecule has 198 valence electrons. The number of fused-ring (bicyclic) bond motifs is 3. The first-order valence-corrected chi connectivity index (χ1v) is 13.7. The summed E-state index contributed by atoms with van der Waals surface area (Å²) in [6.45, 7) is 10.2. The van der Waals surface area contributed by atoms with Crippen LogP contribution in [0.1, 0.15) is 71.6 Å². The van der Waals surface area contributed by atoms with Gasteiger partial charge in [0, 0.05) is 23.6 Å². The number of rotatable bonds is 7. The monoisotopic (exact) mass is 499 g/mol. The molecule has 0 aromatic carbocycles. The van der Waals surface area contributed by atoms with Gasteiger partial charge in [-0.25, -0.2) is 0 Å². The molecule has 0 radical (unpaired) electrons. The summed E-state index contributed by atoms with van der Waals surface area (Å²) in [5.74, 6) is 0.839. The summed E-state index contributed by atoms with van der Waals surface area (Å²) >= 11 is 0. The van der Waals surface area contributed by atoms with E-state index in [1.807, 2.05) is 0 Å². The van der Waals surface area contributed by atoms with Crippen LogP contribution in [0, 0.1) is 28.6 Å². The number of hydrogen-bond donors (Lipinski definition) is 1. The van der Waals surface area contributed by atoms with Gasteiger partial charge in [-0.1, -0.05) is 38.8 Å². The summed E-state index contributed by atoms with van der Waals surface area (Å²) in [7, 11) is 0. The molecule has 3 saturated carbocycles. The van der Waals surface area contributed by atoms with E-state index in [4.69, 9.17) is 19.3 Å². The Balaban J connectivity index is 1.25. The smallest absolute Gasteiger partial charge is 0.323 e. The number of pyridine rings is 1. The normalized spacial score (nSPS) is 36.8. The molecule has 7 nitrogen and oxygen atoms in total. The number of carbonyl (C=O) groups is 1. The molecule has 5 rings (SSSR count). The van der Waals surface area contributed by atoms with Crippen LogP contribution in [0.3, 0.4) is 0 Å². The molecule has 7 heteroatoms. The van der Waals surface area contributed by atoms with Gasteiger partial charge in [-0.2, -0.15) is 0 Å². The molecule has 6 atom stereocenters. The fraction of sp³-hybridized carbons (Fsp3) is 0.724. The van der Waals surface area contributed by atoms with Crippen LogP contribution in [0.25, 0.3) is 0 Å². The quantitative estimate of drug-likeness (QED) is 0.530. The first kappa shape index (κ1) is 25.5. The van der Waals surface area contributed by atoms with Crippen molar-refractivity contribution in [3.63, 3.8) is 0 Å². The van der Waals surface area contributed by atoms with Gasteiger partial charge in [-0.15, -0.1) is 0 Å². The van der Waals surface area contributed by atoms with E-state index >= 15 is 0 Å². The number of aromatic nitrogens is 1. The molecule has 1 N–H and O–H groups in total. The van der Waals surface area contributed by atoms with Crippen molar-refractivity contribution >= 4 is 5.97 Å². The molecule has 1 aromatic heterocycles. The van der Waals surface area contributed by atoms with Crippen molar-refractivity contribution in [1.82, 2.24) is 4.57 Å². The summed E-state index contributed by atoms with van der Waals surface area (Å²) in [5, 5.41) is 8.93. The molecule has 36 heavy (non-hydrogen) atoms. The van der Waals surface area contributed by atoms with E-state index in [1.54, 1.807) is 6.07 Å². The number of allylic oxidation sites excluding steroid dienone is 1. The van der Waals surface area contributed by atoms with Gasteiger partial charge < -0.3 is 23.9 Å². The summed E-state index contributed by atoms with van der Waals surface area (Å²) in [6.07, 6.45) is 11.9. The highest BCUT2D eigenvalue weighted by molar-refractivity contribution is 5.66. The lowest BCUT2D eigenvalue weighted by molar-refractivity contribution is -0.316. The molecule has 1 aliphatic heterocycles. The molecular formula is C29H41NO6. The van der Waals surface area contributed by atoms with E-state index in [0.29, 0.717) is 30.1 Å². The summed E-state index contributed by atoms with van der Waals surface area (Å²) < 4.78 is 20.3. The van der Waals surface area contributed by atoms with Crippen molar-refractivity contribution in [2.24, 2.45) is 28.6 Å². The summed E-state index contributed by atoms with van der Waals surface area (Å²) in [4.78, 5) is 23.1. The maximum atomic E-state index is 12.2. The third-order valence-corrected chi connectivity index (χ3v) is 9.91. The van der Waals surface area contributed by atoms with Gasteiger partial charge in [-0.3, -0.25) is 9.59 Å². The maximum Gasteiger partial charge on any atom is 0.323 e. The molecule has 3 aliphatic carbocycles. The molecular weight excluding hydrogens is 458 g/mol. The number of hydrogen-bond acceptors (Lipinski definition) is 5. The maximum absolute atomic E-state index is 12.2. The van der Waals surface area contributed by atoms with Crippen molar-refractivity contribution in [3.8, 4) is 5.75 Å². The number of aliphatic carboxylic acids is 1. The van der Waals surface area contributed by atoms with Crippen LogP contribution in [-0.2, 0) is 20.8 Å². The van der Waals surface area contributed by atoms with Crippen LogP contribution < -0.4 is 10.3 Å². The Bertz CT molecular complexity index is 1040. The average molecular weight is 500 g/mol. The zero-order valence-electron chi connectivity index (χ0n) is 21.7. The van der Waals surface area contributed by atoms with E-state index in [9.17, 15) is 9.59 Å². The Labute approximate surface area is 213 Å². The molecule has 4 fully saturated rings. The lowest BCUT2D eigenvalue weighted by Crippen LogP contribution is -2.62. The van der Waals surface area contributed by atoms with Gasteiger partial charge >= 0.3 is 5.97 Å². The topological polar surface area (TPSA) is 87.0 Å². The van der Waals surface area contributed by atoms with E-state index in [2.05, 4.69) is 20.4 Å². The van der Waals surface area contributed by atoms with Gasteiger partial charge in [-0.05, 0) is 68.3 Å². The Morgan fingerprint density at radius 2 is 2.00 bits per heavy atom. The average Bonchev–Trinajstić information content (AvgIpc) is 3.37. The first-order valence-electron chi connectivity index (χ1n) is 13.7. The second kappa shape index (κ2) is 9.97. The Hall–Kier alpha value is -2.12. The predicted octanol–water partition coefficient (Wildman–Crippen LogP) is 5.02. The minimum Gasteiger partial charge on any atom is -0.493 e. The summed E-state index contributed by atoms with van der Waals surface area (Å²) in [6, 6.07) is 3.03. The SMILES string of the molecule is C=C1CCC2[C@]3(C)COC(C4CCCC4)O[C@@H]3CC[C@@]2(C)[C@@H]1CCOc1ccn(CC(=O)O)c(=O)c1. The highest BCUT2D eigenvalue weighted by Gasteiger charge is 2.60. The fourth-order valence-corrected chi connectivity index (χ4v) is 8.01. The molecule has 2 heterocycles. The zero-order valence-corrected chi connectivity index (χ0v) is 21.7. The number of carboxylic acid groups (broad SMARTS) is 1. The second-order valence-corrected chi connectivity index (χ2v) is 12.1. The lowest BCUT2D eigenvalue weighted by Gasteiger charge is -2.63. The van der Waals surface area contributed by atoms with Crippen molar-refractivity contribution in [2.75, 3.05) is 13.2 Å². The van der Waals surface area contributed by atoms with Crippen LogP contribution in [0.2, 0.25) is 0 Å². The van der Waals surface area contributed by atoms with E-state index in [1.165, 1.54) is 43.5 Å². The lowest BCUT2D eigenvalue weighted by atomic mass is 9.46. The molecule has 2 unspecified atom stereocenters. The van der Waals surface area contributed by atoms with Gasteiger partial charge in [0.2, 0.25) is 0 Å².